The molecule has 0 aliphatic carbocycles. The molecule has 0 aliphatic rings. The van der Waals surface area contributed by atoms with Crippen LogP contribution in [0.25, 0.3) is 6.08 Å². The first-order valence-electron chi connectivity index (χ1n) is 11.1. The molecule has 2 aromatic rings. The first-order valence-corrected chi connectivity index (χ1v) is 11.1. The Morgan fingerprint density at radius 3 is 2.31 bits per heavy atom. The van der Waals surface area contributed by atoms with Crippen molar-refractivity contribution in [2.24, 2.45) is 0 Å². The molecule has 0 aromatic heterocycles. The average Bonchev–Trinajstić information content (AvgIpc) is 2.82. The molecular formula is C26H35NO5. The van der Waals surface area contributed by atoms with E-state index < -0.39 is 0 Å². The lowest BCUT2D eigenvalue weighted by molar-refractivity contribution is -0.116. The zero-order valence-corrected chi connectivity index (χ0v) is 19.6. The molecule has 0 spiro atoms. The van der Waals surface area contributed by atoms with E-state index in [2.05, 4.69) is 12.2 Å². The van der Waals surface area contributed by atoms with E-state index in [0.29, 0.717) is 36.8 Å². The third-order valence-electron chi connectivity index (χ3n) is 5.03. The van der Waals surface area contributed by atoms with Gasteiger partial charge in [-0.2, -0.15) is 0 Å². The van der Waals surface area contributed by atoms with Crippen LogP contribution in [-0.4, -0.2) is 40.4 Å². The Morgan fingerprint density at radius 1 is 0.875 bits per heavy atom. The Labute approximate surface area is 191 Å². The maximum Gasteiger partial charge on any atom is 0.244 e. The second-order valence-corrected chi connectivity index (χ2v) is 7.38. The molecular weight excluding hydrogens is 406 g/mol. The molecule has 0 heterocycles. The molecule has 0 saturated carbocycles. The highest BCUT2D eigenvalue weighted by molar-refractivity contribution is 5.91. The molecule has 0 saturated heterocycles. The molecule has 6 heteroatoms. The summed E-state index contributed by atoms with van der Waals surface area (Å²) in [6.07, 6.45) is 8.60. The Morgan fingerprint density at radius 2 is 1.59 bits per heavy atom. The van der Waals surface area contributed by atoms with Gasteiger partial charge in [-0.15, -0.1) is 0 Å². The molecule has 0 radical (unpaired) electrons. The van der Waals surface area contributed by atoms with Gasteiger partial charge in [-0.25, -0.2) is 0 Å². The van der Waals surface area contributed by atoms with Gasteiger partial charge < -0.3 is 24.3 Å². The van der Waals surface area contributed by atoms with Crippen LogP contribution in [0.4, 0.5) is 0 Å². The number of amides is 1. The Hall–Kier alpha value is -3.15. The van der Waals surface area contributed by atoms with Crippen molar-refractivity contribution in [3.63, 3.8) is 0 Å². The zero-order valence-electron chi connectivity index (χ0n) is 19.6. The lowest BCUT2D eigenvalue weighted by atomic mass is 10.1. The first kappa shape index (κ1) is 25.1. The number of carbonyl (C=O) groups excluding carboxylic acids is 1. The van der Waals surface area contributed by atoms with Crippen LogP contribution in [0.2, 0.25) is 0 Å². The summed E-state index contributed by atoms with van der Waals surface area (Å²) in [5, 5.41) is 2.90. The van der Waals surface area contributed by atoms with E-state index in [4.69, 9.17) is 18.9 Å². The van der Waals surface area contributed by atoms with Crippen molar-refractivity contribution in [1.82, 2.24) is 5.32 Å². The average molecular weight is 442 g/mol. The van der Waals surface area contributed by atoms with Crippen LogP contribution in [0.3, 0.4) is 0 Å². The van der Waals surface area contributed by atoms with Crippen molar-refractivity contribution in [3.05, 3.63) is 53.6 Å². The van der Waals surface area contributed by atoms with Crippen molar-refractivity contribution in [1.29, 1.82) is 0 Å². The van der Waals surface area contributed by atoms with Crippen molar-refractivity contribution in [2.45, 2.75) is 39.0 Å². The summed E-state index contributed by atoms with van der Waals surface area (Å²) in [7, 11) is 4.83. The summed E-state index contributed by atoms with van der Waals surface area (Å²) in [6, 6.07) is 11.4. The molecule has 1 N–H and O–H groups in total. The van der Waals surface area contributed by atoms with Crippen LogP contribution in [-0.2, 0) is 11.2 Å². The molecule has 6 nitrogen and oxygen atoms in total. The second-order valence-electron chi connectivity index (χ2n) is 7.38. The summed E-state index contributed by atoms with van der Waals surface area (Å²) >= 11 is 0. The van der Waals surface area contributed by atoms with E-state index in [1.807, 2.05) is 36.4 Å². The molecule has 32 heavy (non-hydrogen) atoms. The number of methoxy groups -OCH3 is 3. The van der Waals surface area contributed by atoms with Gasteiger partial charge >= 0.3 is 0 Å². The van der Waals surface area contributed by atoms with Crippen LogP contribution >= 0.6 is 0 Å². The van der Waals surface area contributed by atoms with Gasteiger partial charge in [0.05, 0.1) is 27.9 Å². The topological polar surface area (TPSA) is 66.0 Å². The Kier molecular flexibility index (Phi) is 11.0. The lowest BCUT2D eigenvalue weighted by Gasteiger charge is -2.11. The molecule has 0 fully saturated rings. The van der Waals surface area contributed by atoms with Crippen LogP contribution in [0.5, 0.6) is 23.0 Å². The smallest absolute Gasteiger partial charge is 0.244 e. The van der Waals surface area contributed by atoms with E-state index in [-0.39, 0.29) is 5.91 Å². The van der Waals surface area contributed by atoms with Gasteiger partial charge in [-0.3, -0.25) is 4.79 Å². The molecule has 0 atom stereocenters. The maximum absolute atomic E-state index is 12.2. The first-order chi connectivity index (χ1) is 15.6. The van der Waals surface area contributed by atoms with Gasteiger partial charge in [0.1, 0.15) is 0 Å². The number of rotatable bonds is 14. The van der Waals surface area contributed by atoms with Gasteiger partial charge in [0, 0.05) is 12.6 Å². The summed E-state index contributed by atoms with van der Waals surface area (Å²) in [6.45, 7) is 3.38. The molecule has 2 aromatic carbocycles. The van der Waals surface area contributed by atoms with Gasteiger partial charge in [0.15, 0.2) is 23.0 Å². The quantitative estimate of drug-likeness (QED) is 0.328. The molecule has 0 bridgehead atoms. The molecule has 2 rings (SSSR count). The SMILES string of the molecule is CCCCCCOc1ccc(/C=C/C(=O)NCCc2ccc(OC)c(OC)c2)cc1OC. The minimum atomic E-state index is -0.152. The standard InChI is InChI=1S/C26H35NO5/c1-5-6-7-8-17-32-23-13-10-20(18-25(23)31-4)11-14-26(28)27-16-15-21-9-12-22(29-2)24(19-21)30-3/h9-14,18-19H,5-8,15-17H2,1-4H3,(H,27,28)/b14-11+. The van der Waals surface area contributed by atoms with Gasteiger partial charge in [0.25, 0.3) is 0 Å². The van der Waals surface area contributed by atoms with Crippen LogP contribution < -0.4 is 24.3 Å². The fraction of sp³-hybridized carbons (Fsp3) is 0.423. The normalized spacial score (nSPS) is 10.8. The molecule has 0 unspecified atom stereocenters. The number of benzene rings is 2. The molecule has 0 aliphatic heterocycles. The molecule has 1 amide bonds. The third-order valence-corrected chi connectivity index (χ3v) is 5.03. The summed E-state index contributed by atoms with van der Waals surface area (Å²) in [5.41, 5.74) is 1.93. The summed E-state index contributed by atoms with van der Waals surface area (Å²) in [5.74, 6) is 2.60. The van der Waals surface area contributed by atoms with E-state index >= 15 is 0 Å². The number of hydrogen-bond donors (Lipinski definition) is 1. The number of hydrogen-bond acceptors (Lipinski definition) is 5. The fourth-order valence-corrected chi connectivity index (χ4v) is 3.22. The second kappa shape index (κ2) is 14.0. The number of nitrogens with one attached hydrogen (secondary N) is 1. The number of ether oxygens (including phenoxy) is 4. The molecule has 174 valence electrons. The predicted molar refractivity (Wildman–Crippen MR) is 128 cm³/mol. The highest BCUT2D eigenvalue weighted by Gasteiger charge is 2.06. The maximum atomic E-state index is 12.2. The Bertz CT molecular complexity index is 879. The highest BCUT2D eigenvalue weighted by Crippen LogP contribution is 2.29. The van der Waals surface area contributed by atoms with Crippen molar-refractivity contribution in [2.75, 3.05) is 34.5 Å². The zero-order chi connectivity index (χ0) is 23.2. The van der Waals surface area contributed by atoms with E-state index in [0.717, 1.165) is 23.3 Å². The Balaban J connectivity index is 1.83. The van der Waals surface area contributed by atoms with Crippen molar-refractivity contribution < 1.29 is 23.7 Å². The van der Waals surface area contributed by atoms with Crippen LogP contribution in [0.15, 0.2) is 42.5 Å². The van der Waals surface area contributed by atoms with Crippen molar-refractivity contribution in [3.8, 4) is 23.0 Å². The van der Waals surface area contributed by atoms with Gasteiger partial charge in [-0.05, 0) is 54.3 Å². The van der Waals surface area contributed by atoms with Gasteiger partial charge in [0.2, 0.25) is 5.91 Å². The lowest BCUT2D eigenvalue weighted by Crippen LogP contribution is -2.23. The van der Waals surface area contributed by atoms with E-state index in [9.17, 15) is 4.79 Å². The largest absolute Gasteiger partial charge is 0.493 e. The third kappa shape index (κ3) is 8.17. The minimum Gasteiger partial charge on any atom is -0.493 e. The van der Waals surface area contributed by atoms with Gasteiger partial charge in [-0.1, -0.05) is 38.3 Å². The summed E-state index contributed by atoms with van der Waals surface area (Å²) < 4.78 is 21.8. The predicted octanol–water partition coefficient (Wildman–Crippen LogP) is 5.04. The number of carbonyl (C=O) groups is 1. The van der Waals surface area contributed by atoms with Crippen LogP contribution in [0, 0.1) is 0 Å². The summed E-state index contributed by atoms with van der Waals surface area (Å²) in [4.78, 5) is 12.2. The van der Waals surface area contributed by atoms with E-state index in [1.54, 1.807) is 27.4 Å². The van der Waals surface area contributed by atoms with Crippen molar-refractivity contribution >= 4 is 12.0 Å². The highest BCUT2D eigenvalue weighted by atomic mass is 16.5. The number of unbranched alkanes of at least 4 members (excludes halogenated alkanes) is 3. The fourth-order valence-electron chi connectivity index (χ4n) is 3.22. The minimum absolute atomic E-state index is 0.152. The van der Waals surface area contributed by atoms with E-state index in [1.165, 1.54) is 25.3 Å². The van der Waals surface area contributed by atoms with Crippen LogP contribution in [0.1, 0.15) is 43.7 Å². The monoisotopic (exact) mass is 441 g/mol.